The molecule has 64 valence electrons. The maximum absolute atomic E-state index is 10.0. The van der Waals surface area contributed by atoms with Gasteiger partial charge in [-0.2, -0.15) is 0 Å². The van der Waals surface area contributed by atoms with Gasteiger partial charge in [0.25, 0.3) is 0 Å². The Hall–Kier alpha value is -0.780. The fourth-order valence-electron chi connectivity index (χ4n) is 0.461. The normalized spacial score (nSPS) is 15.5. The fraction of sp³-hybridized carbons (Fsp3) is 0.667. The minimum Gasteiger partial charge on any atom is -0.393 e. The monoisotopic (exact) mass is 162 g/mol. The number of ether oxygens (including phenoxy) is 1. The summed E-state index contributed by atoms with van der Waals surface area (Å²) in [5.41, 5.74) is 0. The molecule has 5 heteroatoms. The van der Waals surface area contributed by atoms with E-state index >= 15 is 0 Å². The highest BCUT2D eigenvalue weighted by Crippen LogP contribution is 1.92. The number of rotatable bonds is 6. The third-order valence-corrected chi connectivity index (χ3v) is 1.01. The zero-order valence-electron chi connectivity index (χ0n) is 5.84. The minimum absolute atomic E-state index is 0.367. The van der Waals surface area contributed by atoms with Crippen molar-refractivity contribution in [1.29, 1.82) is 0 Å². The Morgan fingerprint density at radius 3 is 1.64 bits per heavy atom. The van der Waals surface area contributed by atoms with Crippen molar-refractivity contribution in [2.24, 2.45) is 0 Å². The molecule has 0 saturated heterocycles. The number of aliphatic hydroxyl groups excluding tert-OH is 2. The molecule has 0 aliphatic carbocycles. The lowest BCUT2D eigenvalue weighted by Gasteiger charge is -2.12. The van der Waals surface area contributed by atoms with Crippen LogP contribution in [0.15, 0.2) is 0 Å². The average Bonchev–Trinajstić information content (AvgIpc) is 2.07. The predicted octanol–water partition coefficient (Wildman–Crippen LogP) is -1.88. The van der Waals surface area contributed by atoms with Crippen LogP contribution in [0.25, 0.3) is 0 Å². The average molecular weight is 162 g/mol. The lowest BCUT2D eigenvalue weighted by atomic mass is 10.3. The summed E-state index contributed by atoms with van der Waals surface area (Å²) in [4.78, 5) is 20.0. The van der Waals surface area contributed by atoms with Crippen molar-refractivity contribution in [3.63, 3.8) is 0 Å². The van der Waals surface area contributed by atoms with E-state index in [-0.39, 0.29) is 0 Å². The van der Waals surface area contributed by atoms with Crippen LogP contribution in [-0.4, -0.2) is 48.2 Å². The predicted molar refractivity (Wildman–Crippen MR) is 35.0 cm³/mol. The Bertz CT molecular complexity index is 110. The Balaban J connectivity index is 3.76. The maximum atomic E-state index is 10.0. The van der Waals surface area contributed by atoms with Crippen LogP contribution in [0.4, 0.5) is 0 Å². The molecule has 0 amide bonds. The van der Waals surface area contributed by atoms with Gasteiger partial charge < -0.3 is 24.5 Å². The summed E-state index contributed by atoms with van der Waals surface area (Å²) in [6.45, 7) is -0.984. The molecule has 0 rings (SSSR count). The standard InChI is InChI=1S/C6H10O5/c7-1-5(2-8)11-6(3-9)4-10/h1,3,5-6,8,10H,2,4H2. The Labute approximate surface area is 63.6 Å². The van der Waals surface area contributed by atoms with E-state index in [4.69, 9.17) is 10.2 Å². The summed E-state index contributed by atoms with van der Waals surface area (Å²) in [5.74, 6) is 0. The Morgan fingerprint density at radius 2 is 1.45 bits per heavy atom. The molecule has 2 N–H and O–H groups in total. The van der Waals surface area contributed by atoms with E-state index < -0.39 is 25.4 Å². The summed E-state index contributed by atoms with van der Waals surface area (Å²) in [6.07, 6.45) is -1.33. The lowest BCUT2D eigenvalue weighted by Crippen LogP contribution is -2.29. The molecule has 0 aliphatic heterocycles. The molecule has 5 nitrogen and oxygen atoms in total. The first-order chi connectivity index (χ1) is 5.28. The van der Waals surface area contributed by atoms with Gasteiger partial charge in [-0.25, -0.2) is 0 Å². The lowest BCUT2D eigenvalue weighted by molar-refractivity contribution is -0.135. The molecule has 0 saturated carbocycles. The van der Waals surface area contributed by atoms with Gasteiger partial charge in [-0.3, -0.25) is 0 Å². The van der Waals surface area contributed by atoms with Gasteiger partial charge in [0.15, 0.2) is 12.6 Å². The topological polar surface area (TPSA) is 83.8 Å². The molecule has 0 spiro atoms. The molecule has 0 aromatic heterocycles. The van der Waals surface area contributed by atoms with Crippen molar-refractivity contribution in [3.8, 4) is 0 Å². The number of carbonyl (C=O) groups is 2. The summed E-state index contributed by atoms with van der Waals surface area (Å²) >= 11 is 0. The van der Waals surface area contributed by atoms with Crippen LogP contribution in [0, 0.1) is 0 Å². The van der Waals surface area contributed by atoms with Gasteiger partial charge in [0.1, 0.15) is 12.2 Å². The summed E-state index contributed by atoms with van der Waals surface area (Å²) in [5, 5.41) is 16.8. The smallest absolute Gasteiger partial charge is 0.151 e. The van der Waals surface area contributed by atoms with Gasteiger partial charge in [0, 0.05) is 0 Å². The van der Waals surface area contributed by atoms with Crippen LogP contribution in [0.2, 0.25) is 0 Å². The summed E-state index contributed by atoms with van der Waals surface area (Å²) < 4.78 is 4.61. The highest BCUT2D eigenvalue weighted by molar-refractivity contribution is 5.59. The molecular formula is C6H10O5. The van der Waals surface area contributed by atoms with E-state index in [1.165, 1.54) is 0 Å². The van der Waals surface area contributed by atoms with Crippen molar-refractivity contribution in [3.05, 3.63) is 0 Å². The first-order valence-electron chi connectivity index (χ1n) is 3.06. The number of carbonyl (C=O) groups excluding carboxylic acids is 2. The van der Waals surface area contributed by atoms with Crippen molar-refractivity contribution < 1.29 is 24.5 Å². The van der Waals surface area contributed by atoms with Gasteiger partial charge >= 0.3 is 0 Å². The second-order valence-electron chi connectivity index (χ2n) is 1.85. The van der Waals surface area contributed by atoms with E-state index in [0.717, 1.165) is 0 Å². The van der Waals surface area contributed by atoms with Crippen LogP contribution in [0.5, 0.6) is 0 Å². The first-order valence-corrected chi connectivity index (χ1v) is 3.06. The molecule has 0 aliphatic rings. The SMILES string of the molecule is O=CC(CO)OC(C=O)CO. The zero-order chi connectivity index (χ0) is 8.69. The largest absolute Gasteiger partial charge is 0.393 e. The van der Waals surface area contributed by atoms with E-state index in [0.29, 0.717) is 12.6 Å². The zero-order valence-corrected chi connectivity index (χ0v) is 5.84. The molecule has 0 bridgehead atoms. The second-order valence-corrected chi connectivity index (χ2v) is 1.85. The number of hydrogen-bond acceptors (Lipinski definition) is 5. The van der Waals surface area contributed by atoms with Gasteiger partial charge in [0.05, 0.1) is 13.2 Å². The molecule has 0 fully saturated rings. The fourth-order valence-corrected chi connectivity index (χ4v) is 0.461. The number of hydrogen-bond donors (Lipinski definition) is 2. The maximum Gasteiger partial charge on any atom is 0.151 e. The third kappa shape index (κ3) is 3.82. The van der Waals surface area contributed by atoms with Crippen LogP contribution in [-0.2, 0) is 14.3 Å². The number of aldehydes is 2. The highest BCUT2D eigenvalue weighted by Gasteiger charge is 2.13. The molecular weight excluding hydrogens is 152 g/mol. The number of aliphatic hydroxyl groups is 2. The van der Waals surface area contributed by atoms with Gasteiger partial charge in [-0.05, 0) is 0 Å². The van der Waals surface area contributed by atoms with Crippen molar-refractivity contribution in [1.82, 2.24) is 0 Å². The van der Waals surface area contributed by atoms with Crippen LogP contribution >= 0.6 is 0 Å². The van der Waals surface area contributed by atoms with Crippen molar-refractivity contribution >= 4 is 12.6 Å². The van der Waals surface area contributed by atoms with Crippen LogP contribution in [0.1, 0.15) is 0 Å². The Kier molecular flexibility index (Phi) is 5.54. The van der Waals surface area contributed by atoms with Gasteiger partial charge in [-0.15, -0.1) is 0 Å². The van der Waals surface area contributed by atoms with E-state index in [1.54, 1.807) is 0 Å². The van der Waals surface area contributed by atoms with Crippen molar-refractivity contribution in [2.45, 2.75) is 12.2 Å². The minimum atomic E-state index is -1.03. The molecule has 0 heterocycles. The van der Waals surface area contributed by atoms with E-state index in [9.17, 15) is 9.59 Å². The highest BCUT2D eigenvalue weighted by atomic mass is 16.5. The Morgan fingerprint density at radius 1 is 1.09 bits per heavy atom. The van der Waals surface area contributed by atoms with Gasteiger partial charge in [0.2, 0.25) is 0 Å². The summed E-state index contributed by atoms with van der Waals surface area (Å²) in [6, 6.07) is 0. The quantitative estimate of drug-likeness (QED) is 0.447. The van der Waals surface area contributed by atoms with Crippen LogP contribution in [0.3, 0.4) is 0 Å². The van der Waals surface area contributed by atoms with Crippen LogP contribution < -0.4 is 0 Å². The molecule has 2 atom stereocenters. The molecule has 0 aromatic rings. The van der Waals surface area contributed by atoms with Crippen molar-refractivity contribution in [2.75, 3.05) is 13.2 Å². The third-order valence-electron chi connectivity index (χ3n) is 1.01. The summed E-state index contributed by atoms with van der Waals surface area (Å²) in [7, 11) is 0. The molecule has 11 heavy (non-hydrogen) atoms. The molecule has 0 radical (unpaired) electrons. The molecule has 0 aromatic carbocycles. The molecule has 2 unspecified atom stereocenters. The van der Waals surface area contributed by atoms with E-state index in [2.05, 4.69) is 4.74 Å². The van der Waals surface area contributed by atoms with E-state index in [1.807, 2.05) is 0 Å². The van der Waals surface area contributed by atoms with Gasteiger partial charge in [-0.1, -0.05) is 0 Å². The second kappa shape index (κ2) is 5.96. The first kappa shape index (κ1) is 10.2.